The summed E-state index contributed by atoms with van der Waals surface area (Å²) in [5.41, 5.74) is 1.45. The van der Waals surface area contributed by atoms with E-state index >= 15 is 0 Å². The maximum absolute atomic E-state index is 11.9. The average Bonchev–Trinajstić information content (AvgIpc) is 2.36. The molecule has 0 heterocycles. The molecule has 0 aliphatic heterocycles. The molecular weight excluding hydrogens is 341 g/mol. The minimum atomic E-state index is -4.35. The number of alkyl halides is 3. The van der Waals surface area contributed by atoms with Gasteiger partial charge in [-0.1, -0.05) is 15.9 Å². The summed E-state index contributed by atoms with van der Waals surface area (Å²) in [4.78, 5) is 0. The predicted molar refractivity (Wildman–Crippen MR) is 71.9 cm³/mol. The molecule has 0 saturated carbocycles. The second kappa shape index (κ2) is 7.28. The van der Waals surface area contributed by atoms with Crippen LogP contribution in [0.2, 0.25) is 0 Å². The van der Waals surface area contributed by atoms with Gasteiger partial charge in [-0.05, 0) is 24.6 Å². The SMILES string of the molecule is COc1cc(C)c(Br)cc1C(O)CCOCC(F)(F)F. The Kier molecular flexibility index (Phi) is 6.29. The highest BCUT2D eigenvalue weighted by Crippen LogP contribution is 2.32. The number of aryl methyl sites for hydroxylation is 1. The normalized spacial score (nSPS) is 13.3. The van der Waals surface area contributed by atoms with Gasteiger partial charge in [0.1, 0.15) is 12.4 Å². The Balaban J connectivity index is 2.63. The van der Waals surface area contributed by atoms with Crippen LogP contribution in [0.5, 0.6) is 5.75 Å². The van der Waals surface area contributed by atoms with E-state index in [-0.39, 0.29) is 13.0 Å². The van der Waals surface area contributed by atoms with Crippen molar-refractivity contribution in [3.63, 3.8) is 0 Å². The number of aliphatic hydroxyl groups is 1. The van der Waals surface area contributed by atoms with Crippen LogP contribution >= 0.6 is 15.9 Å². The van der Waals surface area contributed by atoms with Crippen LogP contribution in [0.1, 0.15) is 23.7 Å². The van der Waals surface area contributed by atoms with E-state index < -0.39 is 18.9 Å². The quantitative estimate of drug-likeness (QED) is 0.788. The van der Waals surface area contributed by atoms with Gasteiger partial charge in [0, 0.05) is 23.1 Å². The van der Waals surface area contributed by atoms with Gasteiger partial charge in [0.25, 0.3) is 0 Å². The fourth-order valence-corrected chi connectivity index (χ4v) is 2.01. The first-order valence-corrected chi connectivity index (χ1v) is 6.70. The standard InChI is InChI=1S/C13H16BrF3O3/c1-8-5-12(19-2)9(6-10(8)14)11(18)3-4-20-7-13(15,16)17/h5-6,11,18H,3-4,7H2,1-2H3. The zero-order chi connectivity index (χ0) is 15.3. The number of hydrogen-bond acceptors (Lipinski definition) is 3. The highest BCUT2D eigenvalue weighted by Gasteiger charge is 2.27. The molecule has 1 unspecified atom stereocenters. The van der Waals surface area contributed by atoms with E-state index in [2.05, 4.69) is 20.7 Å². The Morgan fingerprint density at radius 3 is 2.55 bits per heavy atom. The molecule has 1 aromatic carbocycles. The second-order valence-electron chi connectivity index (χ2n) is 4.32. The van der Waals surface area contributed by atoms with Crippen LogP contribution in [0.4, 0.5) is 13.2 Å². The first-order chi connectivity index (χ1) is 9.24. The van der Waals surface area contributed by atoms with Gasteiger partial charge in [-0.15, -0.1) is 0 Å². The number of rotatable bonds is 6. The molecule has 3 nitrogen and oxygen atoms in total. The summed E-state index contributed by atoms with van der Waals surface area (Å²) in [6.45, 7) is 0.374. The van der Waals surface area contributed by atoms with Crippen LogP contribution in [0.25, 0.3) is 0 Å². The Morgan fingerprint density at radius 2 is 2.00 bits per heavy atom. The molecule has 0 spiro atoms. The van der Waals surface area contributed by atoms with Crippen molar-refractivity contribution in [1.82, 2.24) is 0 Å². The summed E-state index contributed by atoms with van der Waals surface area (Å²) < 4.78 is 46.2. The van der Waals surface area contributed by atoms with Crippen molar-refractivity contribution in [2.75, 3.05) is 20.3 Å². The monoisotopic (exact) mass is 356 g/mol. The zero-order valence-corrected chi connectivity index (χ0v) is 12.7. The third-order valence-corrected chi connectivity index (χ3v) is 3.53. The molecule has 0 radical (unpaired) electrons. The Hall–Kier alpha value is -0.790. The lowest BCUT2D eigenvalue weighted by Gasteiger charge is -2.17. The van der Waals surface area contributed by atoms with E-state index in [1.165, 1.54) is 7.11 Å². The van der Waals surface area contributed by atoms with Crippen LogP contribution in [0.15, 0.2) is 16.6 Å². The van der Waals surface area contributed by atoms with Crippen molar-refractivity contribution in [2.45, 2.75) is 25.6 Å². The van der Waals surface area contributed by atoms with Crippen molar-refractivity contribution in [1.29, 1.82) is 0 Å². The minimum Gasteiger partial charge on any atom is -0.496 e. The van der Waals surface area contributed by atoms with E-state index in [0.29, 0.717) is 11.3 Å². The lowest BCUT2D eigenvalue weighted by atomic mass is 10.0. The molecule has 1 N–H and O–H groups in total. The Bertz CT molecular complexity index is 449. The van der Waals surface area contributed by atoms with Gasteiger partial charge in [0.15, 0.2) is 0 Å². The molecule has 0 amide bonds. The van der Waals surface area contributed by atoms with Gasteiger partial charge in [-0.2, -0.15) is 13.2 Å². The lowest BCUT2D eigenvalue weighted by molar-refractivity contribution is -0.175. The zero-order valence-electron chi connectivity index (χ0n) is 11.1. The average molecular weight is 357 g/mol. The van der Waals surface area contributed by atoms with Gasteiger partial charge >= 0.3 is 6.18 Å². The highest BCUT2D eigenvalue weighted by molar-refractivity contribution is 9.10. The molecule has 0 saturated heterocycles. The van der Waals surface area contributed by atoms with Crippen LogP contribution < -0.4 is 4.74 Å². The van der Waals surface area contributed by atoms with Gasteiger partial charge in [0.05, 0.1) is 13.2 Å². The molecule has 0 bridgehead atoms. The van der Waals surface area contributed by atoms with Crippen molar-refractivity contribution in [3.05, 3.63) is 27.7 Å². The summed E-state index contributed by atoms with van der Waals surface area (Å²) in [7, 11) is 1.47. The molecule has 0 aromatic heterocycles. The maximum atomic E-state index is 11.9. The van der Waals surface area contributed by atoms with Crippen molar-refractivity contribution in [2.24, 2.45) is 0 Å². The molecule has 0 aliphatic carbocycles. The molecule has 114 valence electrons. The fraction of sp³-hybridized carbons (Fsp3) is 0.538. The molecule has 0 fully saturated rings. The molecule has 1 rings (SSSR count). The van der Waals surface area contributed by atoms with E-state index in [4.69, 9.17) is 4.74 Å². The highest BCUT2D eigenvalue weighted by atomic mass is 79.9. The van der Waals surface area contributed by atoms with Gasteiger partial charge in [-0.3, -0.25) is 0 Å². The third kappa shape index (κ3) is 5.30. The summed E-state index contributed by atoms with van der Waals surface area (Å²) in [6.07, 6.45) is -5.24. The first-order valence-electron chi connectivity index (χ1n) is 5.91. The topological polar surface area (TPSA) is 38.7 Å². The van der Waals surface area contributed by atoms with Crippen LogP contribution in [-0.4, -0.2) is 31.6 Å². The Labute approximate surface area is 123 Å². The molecule has 1 atom stereocenters. The number of hydrogen-bond donors (Lipinski definition) is 1. The van der Waals surface area contributed by atoms with Gasteiger partial charge < -0.3 is 14.6 Å². The van der Waals surface area contributed by atoms with Crippen molar-refractivity contribution < 1.29 is 27.8 Å². The first kappa shape index (κ1) is 17.3. The largest absolute Gasteiger partial charge is 0.496 e. The Morgan fingerprint density at radius 1 is 1.35 bits per heavy atom. The second-order valence-corrected chi connectivity index (χ2v) is 5.17. The number of halogens is 4. The summed E-state index contributed by atoms with van der Waals surface area (Å²) in [5.74, 6) is 0.494. The van der Waals surface area contributed by atoms with E-state index in [9.17, 15) is 18.3 Å². The van der Waals surface area contributed by atoms with Gasteiger partial charge in [0.2, 0.25) is 0 Å². The number of ether oxygens (including phenoxy) is 2. The number of benzene rings is 1. The summed E-state index contributed by atoms with van der Waals surface area (Å²) >= 11 is 3.34. The minimum absolute atomic E-state index is 0.0575. The van der Waals surface area contributed by atoms with E-state index in [0.717, 1.165) is 10.0 Å². The predicted octanol–water partition coefficient (Wildman–Crippen LogP) is 3.77. The molecule has 7 heteroatoms. The summed E-state index contributed by atoms with van der Waals surface area (Å²) in [6, 6.07) is 3.45. The lowest BCUT2D eigenvalue weighted by Crippen LogP contribution is -2.18. The number of methoxy groups -OCH3 is 1. The third-order valence-electron chi connectivity index (χ3n) is 2.67. The van der Waals surface area contributed by atoms with E-state index in [1.54, 1.807) is 12.1 Å². The molecule has 20 heavy (non-hydrogen) atoms. The summed E-state index contributed by atoms with van der Waals surface area (Å²) in [5, 5.41) is 10.0. The van der Waals surface area contributed by atoms with Gasteiger partial charge in [-0.25, -0.2) is 0 Å². The van der Waals surface area contributed by atoms with Crippen LogP contribution in [0, 0.1) is 6.92 Å². The molecule has 0 aliphatic rings. The fourth-order valence-electron chi connectivity index (χ4n) is 1.65. The number of aliphatic hydroxyl groups excluding tert-OH is 1. The van der Waals surface area contributed by atoms with Crippen LogP contribution in [-0.2, 0) is 4.74 Å². The van der Waals surface area contributed by atoms with Crippen molar-refractivity contribution in [3.8, 4) is 5.75 Å². The smallest absolute Gasteiger partial charge is 0.411 e. The van der Waals surface area contributed by atoms with Crippen molar-refractivity contribution >= 4 is 15.9 Å². The molecule has 1 aromatic rings. The molecular formula is C13H16BrF3O3. The van der Waals surface area contributed by atoms with E-state index in [1.807, 2.05) is 6.92 Å². The van der Waals surface area contributed by atoms with Crippen LogP contribution in [0.3, 0.4) is 0 Å². The maximum Gasteiger partial charge on any atom is 0.411 e.